The quantitative estimate of drug-likeness (QED) is 0.752. The molecule has 1 aromatic carbocycles. The van der Waals surface area contributed by atoms with Gasteiger partial charge in [0.25, 0.3) is 0 Å². The molecule has 0 atom stereocenters. The number of aromatic nitrogens is 3. The highest BCUT2D eigenvalue weighted by Crippen LogP contribution is 2.18. The molecule has 1 N–H and O–H groups in total. The number of ether oxygens (including phenoxy) is 1. The number of benzene rings is 1. The Labute approximate surface area is 158 Å². The van der Waals surface area contributed by atoms with Crippen LogP contribution in [0, 0.1) is 6.92 Å². The summed E-state index contributed by atoms with van der Waals surface area (Å²) in [6.07, 6.45) is 5.45. The van der Waals surface area contributed by atoms with Crippen molar-refractivity contribution in [2.24, 2.45) is 0 Å². The summed E-state index contributed by atoms with van der Waals surface area (Å²) >= 11 is 0. The lowest BCUT2D eigenvalue weighted by atomic mass is 10.1. The number of nitrogens with zero attached hydrogens (tertiary/aromatic N) is 4. The highest BCUT2D eigenvalue weighted by Gasteiger charge is 2.22. The number of carbonyl (C=O) groups excluding carboxylic acids is 1. The Kier molecular flexibility index (Phi) is 5.02. The van der Waals surface area contributed by atoms with Gasteiger partial charge in [0.15, 0.2) is 5.65 Å². The Morgan fingerprint density at radius 3 is 2.93 bits per heavy atom. The van der Waals surface area contributed by atoms with Crippen molar-refractivity contribution in [3.63, 3.8) is 0 Å². The molecule has 1 aliphatic rings. The van der Waals surface area contributed by atoms with E-state index in [0.717, 1.165) is 42.8 Å². The molecule has 0 saturated carbocycles. The van der Waals surface area contributed by atoms with E-state index in [1.165, 1.54) is 0 Å². The van der Waals surface area contributed by atoms with E-state index >= 15 is 0 Å². The van der Waals surface area contributed by atoms with E-state index < -0.39 is 0 Å². The molecule has 0 spiro atoms. The Balaban J connectivity index is 1.25. The summed E-state index contributed by atoms with van der Waals surface area (Å²) in [4.78, 5) is 18.9. The van der Waals surface area contributed by atoms with E-state index in [4.69, 9.17) is 4.74 Å². The van der Waals surface area contributed by atoms with Crippen LogP contribution in [0.15, 0.2) is 48.8 Å². The molecule has 2 aromatic heterocycles. The van der Waals surface area contributed by atoms with Gasteiger partial charge in [0, 0.05) is 37.1 Å². The SMILES string of the molecule is Cc1cccc(NC(=O)CN2CCC(Oc3ccn4nccc4n3)CC2)c1. The number of carbonyl (C=O) groups is 1. The lowest BCUT2D eigenvalue weighted by molar-refractivity contribution is -0.117. The van der Waals surface area contributed by atoms with Crippen LogP contribution < -0.4 is 10.1 Å². The van der Waals surface area contributed by atoms with Gasteiger partial charge < -0.3 is 10.1 Å². The van der Waals surface area contributed by atoms with Crippen LogP contribution >= 0.6 is 0 Å². The number of aryl methyl sites for hydroxylation is 1. The van der Waals surface area contributed by atoms with Gasteiger partial charge in [-0.15, -0.1) is 0 Å². The first kappa shape index (κ1) is 17.5. The van der Waals surface area contributed by atoms with E-state index in [-0.39, 0.29) is 12.0 Å². The molecule has 3 heterocycles. The molecule has 0 aliphatic carbocycles. The summed E-state index contributed by atoms with van der Waals surface area (Å²) in [5.41, 5.74) is 2.76. The van der Waals surface area contributed by atoms with Crippen LogP contribution in [0.3, 0.4) is 0 Å². The average Bonchev–Trinajstić information content (AvgIpc) is 3.11. The number of hydrogen-bond acceptors (Lipinski definition) is 5. The molecule has 27 heavy (non-hydrogen) atoms. The van der Waals surface area contributed by atoms with E-state index in [1.807, 2.05) is 49.5 Å². The second-order valence-electron chi connectivity index (χ2n) is 6.91. The third-order valence-corrected chi connectivity index (χ3v) is 4.72. The second kappa shape index (κ2) is 7.75. The van der Waals surface area contributed by atoms with Crippen molar-refractivity contribution in [3.05, 3.63) is 54.4 Å². The van der Waals surface area contributed by atoms with Gasteiger partial charge in [-0.1, -0.05) is 12.1 Å². The summed E-state index contributed by atoms with van der Waals surface area (Å²) in [6, 6.07) is 11.5. The van der Waals surface area contributed by atoms with Crippen molar-refractivity contribution in [3.8, 4) is 5.88 Å². The molecule has 0 radical (unpaired) electrons. The molecule has 1 aliphatic heterocycles. The van der Waals surface area contributed by atoms with E-state index in [1.54, 1.807) is 10.7 Å². The molecular formula is C20H23N5O2. The average molecular weight is 365 g/mol. The number of rotatable bonds is 5. The van der Waals surface area contributed by atoms with Gasteiger partial charge >= 0.3 is 0 Å². The predicted molar refractivity (Wildman–Crippen MR) is 103 cm³/mol. The Morgan fingerprint density at radius 1 is 1.26 bits per heavy atom. The van der Waals surface area contributed by atoms with Crippen LogP contribution in [-0.4, -0.2) is 51.1 Å². The van der Waals surface area contributed by atoms with Crippen LogP contribution in [0.2, 0.25) is 0 Å². The molecule has 3 aromatic rings. The molecule has 4 rings (SSSR count). The Morgan fingerprint density at radius 2 is 2.11 bits per heavy atom. The van der Waals surface area contributed by atoms with Crippen molar-refractivity contribution in [2.45, 2.75) is 25.9 Å². The number of anilines is 1. The summed E-state index contributed by atoms with van der Waals surface area (Å²) in [5, 5.41) is 7.10. The van der Waals surface area contributed by atoms with Crippen molar-refractivity contribution < 1.29 is 9.53 Å². The van der Waals surface area contributed by atoms with Crippen molar-refractivity contribution >= 4 is 17.2 Å². The standard InChI is InChI=1S/C20H23N5O2/c1-15-3-2-4-16(13-15)22-19(26)14-24-10-6-17(7-11-24)27-20-8-12-25-18(23-20)5-9-21-25/h2-5,8-9,12-13,17H,6-7,10-11,14H2,1H3,(H,22,26). The van der Waals surface area contributed by atoms with Crippen LogP contribution in [0.1, 0.15) is 18.4 Å². The molecule has 1 fully saturated rings. The number of likely N-dealkylation sites (tertiary alicyclic amines) is 1. The first-order valence-corrected chi connectivity index (χ1v) is 9.22. The van der Waals surface area contributed by atoms with Crippen molar-refractivity contribution in [1.82, 2.24) is 19.5 Å². The first-order chi connectivity index (χ1) is 13.2. The Bertz CT molecular complexity index is 931. The zero-order valence-corrected chi connectivity index (χ0v) is 15.3. The monoisotopic (exact) mass is 365 g/mol. The minimum atomic E-state index is 0.0211. The fourth-order valence-electron chi connectivity index (χ4n) is 3.34. The van der Waals surface area contributed by atoms with Gasteiger partial charge in [-0.25, -0.2) is 4.52 Å². The van der Waals surface area contributed by atoms with Crippen LogP contribution in [0.25, 0.3) is 5.65 Å². The predicted octanol–water partition coefficient (Wildman–Crippen LogP) is 2.52. The summed E-state index contributed by atoms with van der Waals surface area (Å²) < 4.78 is 7.73. The highest BCUT2D eigenvalue weighted by molar-refractivity contribution is 5.92. The minimum Gasteiger partial charge on any atom is -0.474 e. The fourth-order valence-corrected chi connectivity index (χ4v) is 3.34. The summed E-state index contributed by atoms with van der Waals surface area (Å²) in [5.74, 6) is 0.645. The van der Waals surface area contributed by atoms with Gasteiger partial charge in [0.05, 0.1) is 12.7 Å². The molecule has 7 nitrogen and oxygen atoms in total. The first-order valence-electron chi connectivity index (χ1n) is 9.22. The van der Waals surface area contributed by atoms with Gasteiger partial charge in [0.2, 0.25) is 11.8 Å². The van der Waals surface area contributed by atoms with E-state index in [2.05, 4.69) is 20.3 Å². The Hall–Kier alpha value is -2.93. The van der Waals surface area contributed by atoms with E-state index in [9.17, 15) is 4.79 Å². The molecule has 1 saturated heterocycles. The van der Waals surface area contributed by atoms with Gasteiger partial charge in [-0.3, -0.25) is 9.69 Å². The molecule has 7 heteroatoms. The fraction of sp³-hybridized carbons (Fsp3) is 0.350. The molecule has 1 amide bonds. The lowest BCUT2D eigenvalue weighted by Crippen LogP contribution is -2.42. The zero-order chi connectivity index (χ0) is 18.6. The maximum atomic E-state index is 12.3. The van der Waals surface area contributed by atoms with Gasteiger partial charge in [-0.05, 0) is 37.5 Å². The third-order valence-electron chi connectivity index (χ3n) is 4.72. The zero-order valence-electron chi connectivity index (χ0n) is 15.3. The van der Waals surface area contributed by atoms with Crippen molar-refractivity contribution in [1.29, 1.82) is 0 Å². The molecular weight excluding hydrogens is 342 g/mol. The van der Waals surface area contributed by atoms with E-state index in [0.29, 0.717) is 12.4 Å². The van der Waals surface area contributed by atoms with Gasteiger partial charge in [0.1, 0.15) is 6.10 Å². The maximum Gasteiger partial charge on any atom is 0.238 e. The molecule has 0 unspecified atom stereocenters. The smallest absolute Gasteiger partial charge is 0.238 e. The van der Waals surface area contributed by atoms with Crippen LogP contribution in [0.5, 0.6) is 5.88 Å². The topological polar surface area (TPSA) is 71.8 Å². The summed E-state index contributed by atoms with van der Waals surface area (Å²) in [7, 11) is 0. The maximum absolute atomic E-state index is 12.3. The van der Waals surface area contributed by atoms with Crippen molar-refractivity contribution in [2.75, 3.05) is 25.0 Å². The minimum absolute atomic E-state index is 0.0211. The summed E-state index contributed by atoms with van der Waals surface area (Å²) in [6.45, 7) is 4.09. The molecule has 140 valence electrons. The number of nitrogens with one attached hydrogen (secondary N) is 1. The number of amides is 1. The second-order valence-corrected chi connectivity index (χ2v) is 6.91. The third kappa shape index (κ3) is 4.43. The normalized spacial score (nSPS) is 15.7. The number of piperidine rings is 1. The lowest BCUT2D eigenvalue weighted by Gasteiger charge is -2.31. The van der Waals surface area contributed by atoms with Crippen LogP contribution in [-0.2, 0) is 4.79 Å². The number of hydrogen-bond donors (Lipinski definition) is 1. The number of fused-ring (bicyclic) bond motifs is 1. The van der Waals surface area contributed by atoms with Gasteiger partial charge in [-0.2, -0.15) is 10.1 Å². The molecule has 0 bridgehead atoms. The highest BCUT2D eigenvalue weighted by atomic mass is 16.5. The largest absolute Gasteiger partial charge is 0.474 e. The van der Waals surface area contributed by atoms with Crippen LogP contribution in [0.4, 0.5) is 5.69 Å².